The molecule has 3 rings (SSSR count). The van der Waals surface area contributed by atoms with Crippen molar-refractivity contribution in [3.8, 4) is 11.4 Å². The Morgan fingerprint density at radius 1 is 1.12 bits per heavy atom. The molecule has 0 unspecified atom stereocenters. The van der Waals surface area contributed by atoms with Crippen LogP contribution in [0, 0.1) is 17.5 Å². The second kappa shape index (κ2) is 3.61. The van der Waals surface area contributed by atoms with Gasteiger partial charge in [-0.05, 0) is 12.8 Å². The molecule has 0 radical (unpaired) electrons. The Labute approximate surface area is 95.5 Å². The van der Waals surface area contributed by atoms with Gasteiger partial charge in [0.1, 0.15) is 23.3 Å². The molecular weight excluding hydrogens is 229 g/mol. The van der Waals surface area contributed by atoms with Gasteiger partial charge in [0.2, 0.25) is 0 Å². The Balaban J connectivity index is 2.07. The van der Waals surface area contributed by atoms with Crippen molar-refractivity contribution in [3.05, 3.63) is 41.5 Å². The van der Waals surface area contributed by atoms with E-state index in [9.17, 15) is 13.2 Å². The molecule has 1 fully saturated rings. The molecule has 0 bridgehead atoms. The third kappa shape index (κ3) is 1.81. The summed E-state index contributed by atoms with van der Waals surface area (Å²) in [5.74, 6) is -2.29. The molecule has 88 valence electrons. The smallest absolute Gasteiger partial charge is 0.143 e. The molecule has 2 aromatic rings. The fourth-order valence-corrected chi connectivity index (χ4v) is 1.83. The van der Waals surface area contributed by atoms with Gasteiger partial charge in [-0.2, -0.15) is 0 Å². The van der Waals surface area contributed by atoms with Gasteiger partial charge in [-0.3, -0.25) is 0 Å². The van der Waals surface area contributed by atoms with E-state index in [0.717, 1.165) is 18.5 Å². The first-order valence-electron chi connectivity index (χ1n) is 5.35. The molecule has 2 nitrogen and oxygen atoms in total. The normalized spacial score (nSPS) is 15.2. The molecule has 1 aromatic heterocycles. The first-order chi connectivity index (χ1) is 8.15. The number of halogens is 3. The van der Waals surface area contributed by atoms with Crippen LogP contribution in [-0.2, 0) is 0 Å². The summed E-state index contributed by atoms with van der Waals surface area (Å²) in [6.45, 7) is 0. The molecule has 0 amide bonds. The summed E-state index contributed by atoms with van der Waals surface area (Å²) >= 11 is 0. The maximum absolute atomic E-state index is 13.5. The quantitative estimate of drug-likeness (QED) is 0.853. The standard InChI is InChI=1S/C12H9F3N2/c13-7-3-8(14)11(9(15)4-7)12-16-5-10(17-12)6-1-2-6/h3-6H,1-2H2,(H,16,17). The van der Waals surface area contributed by atoms with Crippen molar-refractivity contribution in [2.75, 3.05) is 0 Å². The lowest BCUT2D eigenvalue weighted by Gasteiger charge is -2.01. The predicted molar refractivity (Wildman–Crippen MR) is 55.9 cm³/mol. The summed E-state index contributed by atoms with van der Waals surface area (Å²) in [5.41, 5.74) is 0.571. The number of rotatable bonds is 2. The first-order valence-corrected chi connectivity index (χ1v) is 5.35. The Kier molecular flexibility index (Phi) is 2.21. The fraction of sp³-hybridized carbons (Fsp3) is 0.250. The minimum atomic E-state index is -0.945. The van der Waals surface area contributed by atoms with Gasteiger partial charge in [0.05, 0.1) is 5.56 Å². The van der Waals surface area contributed by atoms with Crippen LogP contribution in [0.1, 0.15) is 24.5 Å². The Morgan fingerprint density at radius 2 is 1.76 bits per heavy atom. The monoisotopic (exact) mass is 238 g/mol. The van der Waals surface area contributed by atoms with E-state index in [1.165, 1.54) is 0 Å². The number of hydrogen-bond acceptors (Lipinski definition) is 1. The Bertz CT molecular complexity index is 550. The summed E-state index contributed by atoms with van der Waals surface area (Å²) in [5, 5.41) is 0. The lowest BCUT2D eigenvalue weighted by Crippen LogP contribution is -1.94. The number of hydrogen-bond donors (Lipinski definition) is 1. The fourth-order valence-electron chi connectivity index (χ4n) is 1.83. The molecular formula is C12H9F3N2. The number of nitrogens with zero attached hydrogens (tertiary/aromatic N) is 1. The van der Waals surface area contributed by atoms with Crippen LogP contribution in [0.25, 0.3) is 11.4 Å². The number of aromatic nitrogens is 2. The zero-order valence-electron chi connectivity index (χ0n) is 8.80. The van der Waals surface area contributed by atoms with E-state index in [1.54, 1.807) is 6.20 Å². The van der Waals surface area contributed by atoms with E-state index >= 15 is 0 Å². The predicted octanol–water partition coefficient (Wildman–Crippen LogP) is 3.37. The van der Waals surface area contributed by atoms with Crippen LogP contribution in [0.15, 0.2) is 18.3 Å². The molecule has 5 heteroatoms. The number of H-pyrrole nitrogens is 1. The van der Waals surface area contributed by atoms with Crippen LogP contribution in [0.4, 0.5) is 13.2 Å². The van der Waals surface area contributed by atoms with Crippen molar-refractivity contribution in [2.24, 2.45) is 0 Å². The summed E-state index contributed by atoms with van der Waals surface area (Å²) < 4.78 is 39.7. The van der Waals surface area contributed by atoms with Crippen LogP contribution < -0.4 is 0 Å². The van der Waals surface area contributed by atoms with Gasteiger partial charge in [0.25, 0.3) is 0 Å². The summed E-state index contributed by atoms with van der Waals surface area (Å²) in [6, 6.07) is 1.30. The van der Waals surface area contributed by atoms with Gasteiger partial charge >= 0.3 is 0 Å². The van der Waals surface area contributed by atoms with Crippen LogP contribution in [0.3, 0.4) is 0 Å². The van der Waals surface area contributed by atoms with Crippen LogP contribution in [0.2, 0.25) is 0 Å². The molecule has 0 saturated heterocycles. The van der Waals surface area contributed by atoms with Crippen molar-refractivity contribution in [2.45, 2.75) is 18.8 Å². The molecule has 1 aliphatic carbocycles. The second-order valence-corrected chi connectivity index (χ2v) is 4.21. The molecule has 0 aliphatic heterocycles. The van der Waals surface area contributed by atoms with E-state index in [4.69, 9.17) is 0 Å². The van der Waals surface area contributed by atoms with E-state index in [0.29, 0.717) is 18.1 Å². The maximum Gasteiger partial charge on any atom is 0.143 e. The molecule has 1 aliphatic rings. The molecule has 1 saturated carbocycles. The maximum atomic E-state index is 13.5. The van der Waals surface area contributed by atoms with Gasteiger partial charge in [-0.25, -0.2) is 18.2 Å². The lowest BCUT2D eigenvalue weighted by atomic mass is 10.2. The van der Waals surface area contributed by atoms with Gasteiger partial charge in [-0.1, -0.05) is 0 Å². The van der Waals surface area contributed by atoms with Crippen molar-refractivity contribution in [1.82, 2.24) is 9.97 Å². The third-order valence-electron chi connectivity index (χ3n) is 2.86. The van der Waals surface area contributed by atoms with Crippen molar-refractivity contribution < 1.29 is 13.2 Å². The Hall–Kier alpha value is -1.78. The van der Waals surface area contributed by atoms with Crippen LogP contribution in [-0.4, -0.2) is 9.97 Å². The SMILES string of the molecule is Fc1cc(F)c(-c2ncc(C3CC3)[nH]2)c(F)c1. The van der Waals surface area contributed by atoms with E-state index in [2.05, 4.69) is 9.97 Å². The highest BCUT2D eigenvalue weighted by atomic mass is 19.1. The highest BCUT2D eigenvalue weighted by Gasteiger charge is 2.26. The van der Waals surface area contributed by atoms with Crippen LogP contribution in [0.5, 0.6) is 0 Å². The van der Waals surface area contributed by atoms with Gasteiger partial charge < -0.3 is 4.98 Å². The highest BCUT2D eigenvalue weighted by Crippen LogP contribution is 2.39. The van der Waals surface area contributed by atoms with Crippen molar-refractivity contribution >= 4 is 0 Å². The lowest BCUT2D eigenvalue weighted by molar-refractivity contribution is 0.547. The zero-order chi connectivity index (χ0) is 12.0. The molecule has 1 aromatic carbocycles. The molecule has 1 heterocycles. The van der Waals surface area contributed by atoms with Gasteiger partial charge in [0, 0.05) is 29.9 Å². The zero-order valence-corrected chi connectivity index (χ0v) is 8.80. The van der Waals surface area contributed by atoms with E-state index in [-0.39, 0.29) is 11.4 Å². The topological polar surface area (TPSA) is 28.7 Å². The summed E-state index contributed by atoms with van der Waals surface area (Å²) in [6.07, 6.45) is 3.71. The van der Waals surface area contributed by atoms with Crippen molar-refractivity contribution in [3.63, 3.8) is 0 Å². The molecule has 17 heavy (non-hydrogen) atoms. The average Bonchev–Trinajstić information content (AvgIpc) is 2.98. The summed E-state index contributed by atoms with van der Waals surface area (Å²) in [4.78, 5) is 6.82. The first kappa shape index (κ1) is 10.4. The summed E-state index contributed by atoms with van der Waals surface area (Å²) in [7, 11) is 0. The van der Waals surface area contributed by atoms with E-state index < -0.39 is 17.5 Å². The third-order valence-corrected chi connectivity index (χ3v) is 2.86. The minimum absolute atomic E-state index is 0.113. The Morgan fingerprint density at radius 3 is 2.35 bits per heavy atom. The molecule has 1 N–H and O–H groups in total. The number of nitrogens with one attached hydrogen (secondary N) is 1. The van der Waals surface area contributed by atoms with E-state index in [1.807, 2.05) is 0 Å². The van der Waals surface area contributed by atoms with Gasteiger partial charge in [-0.15, -0.1) is 0 Å². The second-order valence-electron chi connectivity index (χ2n) is 4.21. The largest absolute Gasteiger partial charge is 0.341 e. The van der Waals surface area contributed by atoms with Crippen LogP contribution >= 0.6 is 0 Å². The minimum Gasteiger partial charge on any atom is -0.341 e. The number of aromatic amines is 1. The molecule has 0 atom stereocenters. The van der Waals surface area contributed by atoms with Crippen molar-refractivity contribution in [1.29, 1.82) is 0 Å². The highest BCUT2D eigenvalue weighted by molar-refractivity contribution is 5.57. The average molecular weight is 238 g/mol. The van der Waals surface area contributed by atoms with Gasteiger partial charge in [0.15, 0.2) is 0 Å². The molecule has 0 spiro atoms. The number of benzene rings is 1. The number of imidazole rings is 1.